The minimum absolute atomic E-state index is 0.00694. The van der Waals surface area contributed by atoms with Crippen LogP contribution in [-0.2, 0) is 16.6 Å². The van der Waals surface area contributed by atoms with Gasteiger partial charge in [-0.1, -0.05) is 6.92 Å². The Morgan fingerprint density at radius 1 is 1.56 bits per heavy atom. The number of nitrogens with two attached hydrogens (primary N) is 1. The molecule has 0 aromatic carbocycles. The summed E-state index contributed by atoms with van der Waals surface area (Å²) < 4.78 is 28.0. The third-order valence-electron chi connectivity index (χ3n) is 2.15. The first-order valence-electron chi connectivity index (χ1n) is 5.28. The Hall–Kier alpha value is -1.61. The van der Waals surface area contributed by atoms with Gasteiger partial charge in [-0.2, -0.15) is 5.10 Å². The van der Waals surface area contributed by atoms with E-state index in [0.29, 0.717) is 11.7 Å². The molecule has 2 rings (SSSR count). The first kappa shape index (κ1) is 12.8. The summed E-state index contributed by atoms with van der Waals surface area (Å²) in [5, 5.41) is 5.94. The van der Waals surface area contributed by atoms with Gasteiger partial charge in [-0.3, -0.25) is 9.40 Å². The lowest BCUT2D eigenvalue weighted by Gasteiger charge is -2.02. The average molecular weight is 287 g/mol. The van der Waals surface area contributed by atoms with Crippen molar-refractivity contribution in [3.8, 4) is 0 Å². The summed E-state index contributed by atoms with van der Waals surface area (Å²) in [5.41, 5.74) is 5.62. The molecule has 0 aliphatic heterocycles. The van der Waals surface area contributed by atoms with Gasteiger partial charge in [-0.05, 0) is 6.42 Å². The fraction of sp³-hybridized carbons (Fsp3) is 0.333. The SMILES string of the molecule is CCCn1cc(S(=O)(=O)Nc2nccs2)c(N)n1. The molecule has 0 aliphatic rings. The number of sulfonamides is 1. The smallest absolute Gasteiger partial charge is 0.268 e. The van der Waals surface area contributed by atoms with Crippen molar-refractivity contribution < 1.29 is 8.42 Å². The molecule has 2 heterocycles. The van der Waals surface area contributed by atoms with Gasteiger partial charge >= 0.3 is 0 Å². The average Bonchev–Trinajstić information content (AvgIpc) is 2.88. The highest BCUT2D eigenvalue weighted by atomic mass is 32.2. The molecule has 0 saturated carbocycles. The van der Waals surface area contributed by atoms with Gasteiger partial charge < -0.3 is 5.73 Å². The second-order valence-corrected chi connectivity index (χ2v) is 6.13. The van der Waals surface area contributed by atoms with Crippen LogP contribution in [0.2, 0.25) is 0 Å². The van der Waals surface area contributed by atoms with Crippen molar-refractivity contribution in [3.63, 3.8) is 0 Å². The van der Waals surface area contributed by atoms with Gasteiger partial charge in [-0.25, -0.2) is 13.4 Å². The summed E-state index contributed by atoms with van der Waals surface area (Å²) in [6.07, 6.45) is 3.79. The lowest BCUT2D eigenvalue weighted by molar-refractivity contribution is 0.595. The predicted octanol–water partition coefficient (Wildman–Crippen LogP) is 1.13. The molecule has 9 heteroatoms. The lowest BCUT2D eigenvalue weighted by atomic mass is 10.5. The Kier molecular flexibility index (Phi) is 3.53. The molecule has 2 aromatic rings. The van der Waals surface area contributed by atoms with Crippen molar-refractivity contribution in [2.24, 2.45) is 0 Å². The van der Waals surface area contributed by atoms with Gasteiger partial charge in [0.05, 0.1) is 0 Å². The summed E-state index contributed by atoms with van der Waals surface area (Å²) in [7, 11) is -3.72. The van der Waals surface area contributed by atoms with E-state index in [1.165, 1.54) is 28.4 Å². The van der Waals surface area contributed by atoms with Crippen LogP contribution in [0.5, 0.6) is 0 Å². The largest absolute Gasteiger partial charge is 0.381 e. The van der Waals surface area contributed by atoms with Crippen molar-refractivity contribution in [1.82, 2.24) is 14.8 Å². The molecule has 3 N–H and O–H groups in total. The lowest BCUT2D eigenvalue weighted by Crippen LogP contribution is -2.13. The number of nitrogens with zero attached hydrogens (tertiary/aromatic N) is 3. The first-order chi connectivity index (χ1) is 8.53. The van der Waals surface area contributed by atoms with E-state index in [9.17, 15) is 8.42 Å². The number of thiazole rings is 1. The van der Waals surface area contributed by atoms with Crippen LogP contribution in [0.4, 0.5) is 10.9 Å². The van der Waals surface area contributed by atoms with Gasteiger partial charge in [0.2, 0.25) is 0 Å². The summed E-state index contributed by atoms with van der Waals surface area (Å²) in [6, 6.07) is 0. The number of rotatable bonds is 5. The molecule has 0 atom stereocenters. The van der Waals surface area contributed by atoms with Gasteiger partial charge in [0.1, 0.15) is 4.90 Å². The number of aromatic nitrogens is 3. The first-order valence-corrected chi connectivity index (χ1v) is 7.64. The van der Waals surface area contributed by atoms with Crippen molar-refractivity contribution in [3.05, 3.63) is 17.8 Å². The van der Waals surface area contributed by atoms with Crippen LogP contribution < -0.4 is 10.5 Å². The van der Waals surface area contributed by atoms with Crippen LogP contribution in [-0.4, -0.2) is 23.2 Å². The molecule has 0 amide bonds. The number of hydrogen-bond donors (Lipinski definition) is 2. The zero-order valence-electron chi connectivity index (χ0n) is 9.70. The summed E-state index contributed by atoms with van der Waals surface area (Å²) >= 11 is 1.20. The summed E-state index contributed by atoms with van der Waals surface area (Å²) in [5.74, 6) is -0.00694. The summed E-state index contributed by atoms with van der Waals surface area (Å²) in [4.78, 5) is 3.84. The summed E-state index contributed by atoms with van der Waals surface area (Å²) in [6.45, 7) is 2.59. The molecular weight excluding hydrogens is 274 g/mol. The molecule has 0 saturated heterocycles. The molecule has 0 spiro atoms. The monoisotopic (exact) mass is 287 g/mol. The van der Waals surface area contributed by atoms with E-state index in [2.05, 4.69) is 14.8 Å². The van der Waals surface area contributed by atoms with Crippen molar-refractivity contribution in [1.29, 1.82) is 0 Å². The Morgan fingerprint density at radius 2 is 2.33 bits per heavy atom. The minimum atomic E-state index is -3.72. The maximum atomic E-state index is 12.1. The highest BCUT2D eigenvalue weighted by molar-refractivity contribution is 7.93. The van der Waals surface area contributed by atoms with Crippen molar-refractivity contribution >= 4 is 32.3 Å². The predicted molar refractivity (Wildman–Crippen MR) is 69.9 cm³/mol. The third-order valence-corrected chi connectivity index (χ3v) is 4.32. The van der Waals surface area contributed by atoms with Crippen molar-refractivity contribution in [2.75, 3.05) is 10.5 Å². The molecular formula is C9H13N5O2S2. The molecule has 18 heavy (non-hydrogen) atoms. The Bertz CT molecular complexity index is 617. The van der Waals surface area contributed by atoms with E-state index in [0.717, 1.165) is 6.42 Å². The molecule has 0 radical (unpaired) electrons. The van der Waals surface area contributed by atoms with E-state index in [1.807, 2.05) is 6.92 Å². The number of hydrogen-bond acceptors (Lipinski definition) is 6. The van der Waals surface area contributed by atoms with E-state index in [-0.39, 0.29) is 10.7 Å². The van der Waals surface area contributed by atoms with Gasteiger partial charge in [-0.15, -0.1) is 11.3 Å². The molecule has 0 aliphatic carbocycles. The topological polar surface area (TPSA) is 103 Å². The van der Waals surface area contributed by atoms with E-state index >= 15 is 0 Å². The van der Waals surface area contributed by atoms with E-state index in [1.54, 1.807) is 5.38 Å². The van der Waals surface area contributed by atoms with Crippen molar-refractivity contribution in [2.45, 2.75) is 24.8 Å². The number of anilines is 2. The van der Waals surface area contributed by atoms with Crippen LogP contribution in [0.3, 0.4) is 0 Å². The highest BCUT2D eigenvalue weighted by Gasteiger charge is 2.21. The maximum Gasteiger partial charge on any atom is 0.268 e. The Balaban J connectivity index is 2.29. The van der Waals surface area contributed by atoms with Crippen LogP contribution in [0, 0.1) is 0 Å². The third kappa shape index (κ3) is 2.62. The quantitative estimate of drug-likeness (QED) is 0.858. The Labute approximate surface area is 109 Å². The molecule has 0 bridgehead atoms. The zero-order chi connectivity index (χ0) is 13.2. The second kappa shape index (κ2) is 4.94. The number of nitrogen functional groups attached to an aromatic ring is 1. The fourth-order valence-corrected chi connectivity index (χ4v) is 3.28. The van der Waals surface area contributed by atoms with Gasteiger partial charge in [0.25, 0.3) is 10.0 Å². The van der Waals surface area contributed by atoms with Gasteiger partial charge in [0.15, 0.2) is 10.9 Å². The van der Waals surface area contributed by atoms with Crippen LogP contribution in [0.15, 0.2) is 22.7 Å². The maximum absolute atomic E-state index is 12.1. The Morgan fingerprint density at radius 3 is 2.94 bits per heavy atom. The highest BCUT2D eigenvalue weighted by Crippen LogP contribution is 2.21. The van der Waals surface area contributed by atoms with E-state index in [4.69, 9.17) is 5.73 Å². The van der Waals surface area contributed by atoms with Crippen LogP contribution in [0.1, 0.15) is 13.3 Å². The van der Waals surface area contributed by atoms with Crippen LogP contribution in [0.25, 0.3) is 0 Å². The van der Waals surface area contributed by atoms with E-state index < -0.39 is 10.0 Å². The van der Waals surface area contributed by atoms with Crippen LogP contribution >= 0.6 is 11.3 Å². The normalized spacial score (nSPS) is 11.6. The number of nitrogens with one attached hydrogen (secondary N) is 1. The fourth-order valence-electron chi connectivity index (χ4n) is 1.41. The molecule has 2 aromatic heterocycles. The zero-order valence-corrected chi connectivity index (χ0v) is 11.3. The van der Waals surface area contributed by atoms with Gasteiger partial charge in [0, 0.05) is 24.3 Å². The minimum Gasteiger partial charge on any atom is -0.381 e. The molecule has 0 unspecified atom stereocenters. The molecule has 7 nitrogen and oxygen atoms in total. The standard InChI is InChI=1S/C9H13N5O2S2/c1-2-4-14-6-7(8(10)12-14)18(15,16)13-9-11-3-5-17-9/h3,5-6H,2,4H2,1H3,(H2,10,12)(H,11,13). The molecule has 98 valence electrons. The second-order valence-electron chi connectivity index (χ2n) is 3.58. The molecule has 0 fully saturated rings. The number of aryl methyl sites for hydroxylation is 1.